The molecule has 3 nitrogen and oxygen atoms in total. The van der Waals surface area contributed by atoms with E-state index in [1.165, 1.54) is 45.8 Å². The lowest BCUT2D eigenvalue weighted by Gasteiger charge is -2.09. The second-order valence-electron chi connectivity index (χ2n) is 6.60. The quantitative estimate of drug-likeness (QED) is 0.191. The van der Waals surface area contributed by atoms with Crippen molar-refractivity contribution in [3.8, 4) is 5.75 Å². The molecule has 0 saturated heterocycles. The van der Waals surface area contributed by atoms with Crippen molar-refractivity contribution in [1.29, 1.82) is 0 Å². The van der Waals surface area contributed by atoms with Crippen molar-refractivity contribution >= 4 is 33.6 Å². The van der Waals surface area contributed by atoms with E-state index in [-0.39, 0.29) is 5.75 Å². The monoisotopic (exact) mass is 520 g/mol. The van der Waals surface area contributed by atoms with E-state index in [0.29, 0.717) is 0 Å². The fourth-order valence-corrected chi connectivity index (χ4v) is 4.63. The molecule has 0 spiro atoms. The summed E-state index contributed by atoms with van der Waals surface area (Å²) in [6.45, 7) is 0. The molecular formula is C25H19F3O3S3. The van der Waals surface area contributed by atoms with Gasteiger partial charge >= 0.3 is 15.6 Å². The van der Waals surface area contributed by atoms with Crippen LogP contribution in [0.3, 0.4) is 0 Å². The smallest absolute Gasteiger partial charge is 0.376 e. The lowest BCUT2D eigenvalue weighted by molar-refractivity contribution is -0.0500. The third kappa shape index (κ3) is 8.16. The highest BCUT2D eigenvalue weighted by molar-refractivity contribution is 7.99. The van der Waals surface area contributed by atoms with Gasteiger partial charge in [0.25, 0.3) is 0 Å². The lowest BCUT2D eigenvalue weighted by Crippen LogP contribution is -2.27. The van der Waals surface area contributed by atoms with Crippen molar-refractivity contribution in [2.24, 2.45) is 0 Å². The van der Waals surface area contributed by atoms with Crippen molar-refractivity contribution < 1.29 is 25.8 Å². The molecule has 0 heterocycles. The standard InChI is InChI=1S/C13H9F3O3S2.C12H10S/c14-13(15,16)21(17,18)19-10-6-8-12(9-7-10)20-11-4-2-1-3-5-11;1-3-7-11(8-4-1)13-12-9-5-2-6-10-12/h1-9H;1-10H. The first-order valence-corrected chi connectivity index (χ1v) is 12.9. The van der Waals surface area contributed by atoms with E-state index < -0.39 is 15.6 Å². The minimum atomic E-state index is -5.63. The zero-order chi connectivity index (χ0) is 24.4. The summed E-state index contributed by atoms with van der Waals surface area (Å²) in [5, 5.41) is 0. The molecule has 0 aliphatic rings. The second kappa shape index (κ2) is 12.0. The minimum Gasteiger partial charge on any atom is -0.376 e. The Labute approximate surface area is 205 Å². The van der Waals surface area contributed by atoms with Gasteiger partial charge < -0.3 is 4.18 Å². The van der Waals surface area contributed by atoms with Crippen LogP contribution in [0.4, 0.5) is 13.2 Å². The maximum Gasteiger partial charge on any atom is 0.534 e. The summed E-state index contributed by atoms with van der Waals surface area (Å²) in [5.41, 5.74) is -5.44. The van der Waals surface area contributed by atoms with Gasteiger partial charge in [-0.2, -0.15) is 21.6 Å². The molecule has 0 unspecified atom stereocenters. The van der Waals surface area contributed by atoms with Crippen molar-refractivity contribution in [1.82, 2.24) is 0 Å². The van der Waals surface area contributed by atoms with Gasteiger partial charge in [0.05, 0.1) is 0 Å². The summed E-state index contributed by atoms with van der Waals surface area (Å²) >= 11 is 3.18. The Kier molecular flexibility index (Phi) is 9.09. The molecular weight excluding hydrogens is 501 g/mol. The van der Waals surface area contributed by atoms with E-state index in [1.807, 2.05) is 42.5 Å². The average Bonchev–Trinajstić information content (AvgIpc) is 2.82. The van der Waals surface area contributed by atoms with Crippen LogP contribution in [0.2, 0.25) is 0 Å². The first-order valence-electron chi connectivity index (χ1n) is 9.85. The SMILES string of the molecule is O=S(=O)(Oc1ccc(Sc2ccccc2)cc1)C(F)(F)F.c1ccc(Sc2ccccc2)cc1. The normalized spacial score (nSPS) is 11.3. The summed E-state index contributed by atoms with van der Waals surface area (Å²) in [4.78, 5) is 4.27. The van der Waals surface area contributed by atoms with Crippen molar-refractivity contribution in [2.45, 2.75) is 25.1 Å². The molecule has 4 aromatic rings. The summed E-state index contributed by atoms with van der Waals surface area (Å²) in [6.07, 6.45) is 0. The number of alkyl halides is 3. The van der Waals surface area contributed by atoms with Gasteiger partial charge in [-0.3, -0.25) is 0 Å². The largest absolute Gasteiger partial charge is 0.534 e. The Bertz CT molecular complexity index is 1210. The van der Waals surface area contributed by atoms with Crippen LogP contribution in [0.5, 0.6) is 5.75 Å². The molecule has 0 aromatic heterocycles. The Hall–Kier alpha value is -2.88. The fraction of sp³-hybridized carbons (Fsp3) is 0.0400. The van der Waals surface area contributed by atoms with E-state index in [4.69, 9.17) is 0 Å². The number of halogens is 3. The molecule has 0 N–H and O–H groups in total. The molecule has 0 bridgehead atoms. The summed E-state index contributed by atoms with van der Waals surface area (Å²) in [7, 11) is -5.63. The number of hydrogen-bond donors (Lipinski definition) is 0. The molecule has 4 rings (SSSR count). The van der Waals surface area contributed by atoms with Crippen LogP contribution in [0.15, 0.2) is 135 Å². The topological polar surface area (TPSA) is 43.4 Å². The minimum absolute atomic E-state index is 0.385. The third-order valence-corrected chi connectivity index (χ3v) is 7.02. The number of hydrogen-bond acceptors (Lipinski definition) is 5. The fourth-order valence-electron chi connectivity index (χ4n) is 2.47. The average molecular weight is 521 g/mol. The second-order valence-corrected chi connectivity index (χ2v) is 10.4. The Balaban J connectivity index is 0.000000212. The summed E-state index contributed by atoms with van der Waals surface area (Å²) < 4.78 is 62.2. The first-order chi connectivity index (χ1) is 16.2. The summed E-state index contributed by atoms with van der Waals surface area (Å²) in [5.74, 6) is -0.385. The van der Waals surface area contributed by atoms with E-state index in [2.05, 4.69) is 52.7 Å². The first kappa shape index (κ1) is 25.7. The van der Waals surface area contributed by atoms with Crippen LogP contribution in [0.1, 0.15) is 0 Å². The molecule has 176 valence electrons. The van der Waals surface area contributed by atoms with Crippen molar-refractivity contribution in [3.63, 3.8) is 0 Å². The van der Waals surface area contributed by atoms with Gasteiger partial charge in [0.15, 0.2) is 0 Å². The zero-order valence-electron chi connectivity index (χ0n) is 17.6. The molecule has 0 amide bonds. The Morgan fingerprint density at radius 1 is 0.529 bits per heavy atom. The van der Waals surface area contributed by atoms with Crippen LogP contribution in [0, 0.1) is 0 Å². The van der Waals surface area contributed by atoms with Gasteiger partial charge in [-0.15, -0.1) is 0 Å². The molecule has 0 radical (unpaired) electrons. The van der Waals surface area contributed by atoms with Crippen LogP contribution < -0.4 is 4.18 Å². The molecule has 0 atom stereocenters. The van der Waals surface area contributed by atoms with Crippen LogP contribution >= 0.6 is 23.5 Å². The highest BCUT2D eigenvalue weighted by Crippen LogP contribution is 2.31. The van der Waals surface area contributed by atoms with E-state index in [0.717, 1.165) is 9.79 Å². The summed E-state index contributed by atoms with van der Waals surface area (Å²) in [6, 6.07) is 35.5. The van der Waals surface area contributed by atoms with Gasteiger partial charge in [-0.25, -0.2) is 0 Å². The van der Waals surface area contributed by atoms with Gasteiger partial charge in [-0.05, 0) is 60.7 Å². The maximum atomic E-state index is 12.2. The molecule has 0 saturated carbocycles. The van der Waals surface area contributed by atoms with Gasteiger partial charge in [0, 0.05) is 19.6 Å². The molecule has 0 aliphatic heterocycles. The number of rotatable bonds is 6. The van der Waals surface area contributed by atoms with Crippen LogP contribution in [-0.2, 0) is 10.1 Å². The number of benzene rings is 4. The van der Waals surface area contributed by atoms with Crippen LogP contribution in [-0.4, -0.2) is 13.9 Å². The van der Waals surface area contributed by atoms with E-state index >= 15 is 0 Å². The molecule has 34 heavy (non-hydrogen) atoms. The molecule has 0 aliphatic carbocycles. The highest BCUT2D eigenvalue weighted by Gasteiger charge is 2.48. The Morgan fingerprint density at radius 2 is 0.853 bits per heavy atom. The Morgan fingerprint density at radius 3 is 1.18 bits per heavy atom. The van der Waals surface area contributed by atoms with Crippen molar-refractivity contribution in [3.05, 3.63) is 115 Å². The maximum absolute atomic E-state index is 12.2. The van der Waals surface area contributed by atoms with E-state index in [1.54, 1.807) is 11.8 Å². The van der Waals surface area contributed by atoms with Crippen LogP contribution in [0.25, 0.3) is 0 Å². The highest BCUT2D eigenvalue weighted by atomic mass is 32.2. The van der Waals surface area contributed by atoms with E-state index in [9.17, 15) is 21.6 Å². The zero-order valence-corrected chi connectivity index (χ0v) is 20.0. The lowest BCUT2D eigenvalue weighted by atomic mass is 10.3. The van der Waals surface area contributed by atoms with Crippen molar-refractivity contribution in [2.75, 3.05) is 0 Å². The predicted molar refractivity (Wildman–Crippen MR) is 130 cm³/mol. The van der Waals surface area contributed by atoms with Gasteiger partial charge in [0.2, 0.25) is 0 Å². The third-order valence-electron chi connectivity index (χ3n) is 4.01. The van der Waals surface area contributed by atoms with Gasteiger partial charge in [-0.1, -0.05) is 78.1 Å². The molecule has 0 fully saturated rings. The predicted octanol–water partition coefficient (Wildman–Crippen LogP) is 7.90. The van der Waals surface area contributed by atoms with Gasteiger partial charge in [0.1, 0.15) is 5.75 Å². The molecule has 9 heteroatoms. The molecule has 4 aromatic carbocycles.